The minimum Gasteiger partial charge on any atom is -0.495 e. The van der Waals surface area contributed by atoms with Gasteiger partial charge in [0.1, 0.15) is 16.9 Å². The second-order valence-corrected chi connectivity index (χ2v) is 11.7. The Balaban J connectivity index is 1.15. The van der Waals surface area contributed by atoms with E-state index in [1.54, 1.807) is 25.3 Å². The second kappa shape index (κ2) is 10.00. The monoisotopic (exact) mass is 543 g/mol. The van der Waals surface area contributed by atoms with Crippen molar-refractivity contribution < 1.29 is 22.4 Å². The standard InChI is InChI=1S/C30H29N3O5S/c1-20(30(34)31-26-19-28-25(18-29(26)37-2)24-9-5-6-10-27(24)38-28)32-13-15-33(16-14-32)39(35,36)23-12-11-21-7-3-4-8-22(21)17-23/h3-12,17-20H,13-16H2,1-2H3,(H,31,34). The van der Waals surface area contributed by atoms with Gasteiger partial charge in [0, 0.05) is 43.0 Å². The maximum Gasteiger partial charge on any atom is 0.243 e. The van der Waals surface area contributed by atoms with E-state index in [9.17, 15) is 13.2 Å². The molecule has 1 saturated heterocycles. The number of rotatable bonds is 6. The Labute approximate surface area is 226 Å². The largest absolute Gasteiger partial charge is 0.495 e. The van der Waals surface area contributed by atoms with Gasteiger partial charge in [-0.25, -0.2) is 8.42 Å². The Bertz CT molecular complexity index is 1810. The molecular formula is C30H29N3O5S. The van der Waals surface area contributed by atoms with E-state index in [4.69, 9.17) is 9.15 Å². The van der Waals surface area contributed by atoms with Crippen molar-refractivity contribution in [2.24, 2.45) is 0 Å². The number of sulfonamides is 1. The Kier molecular flexibility index (Phi) is 6.50. The molecule has 0 bridgehead atoms. The van der Waals surface area contributed by atoms with Crippen LogP contribution in [0, 0.1) is 0 Å². The summed E-state index contributed by atoms with van der Waals surface area (Å²) in [6, 6.07) is 23.9. The first kappa shape index (κ1) is 25.4. The van der Waals surface area contributed by atoms with Crippen LogP contribution in [-0.2, 0) is 14.8 Å². The molecule has 1 atom stereocenters. The highest BCUT2D eigenvalue weighted by Crippen LogP contribution is 2.36. The predicted octanol–water partition coefficient (Wildman–Crippen LogP) is 5.08. The molecule has 0 spiro atoms. The number of methoxy groups -OCH3 is 1. The van der Waals surface area contributed by atoms with Crippen LogP contribution in [0.4, 0.5) is 5.69 Å². The van der Waals surface area contributed by atoms with Crippen LogP contribution in [0.1, 0.15) is 6.92 Å². The van der Waals surface area contributed by atoms with Gasteiger partial charge in [0.05, 0.1) is 23.7 Å². The summed E-state index contributed by atoms with van der Waals surface area (Å²) in [4.78, 5) is 15.5. The number of fused-ring (bicyclic) bond motifs is 4. The number of benzene rings is 4. The molecule has 2 heterocycles. The fourth-order valence-corrected chi connectivity index (χ4v) is 6.69. The summed E-state index contributed by atoms with van der Waals surface area (Å²) in [6.07, 6.45) is 0. The van der Waals surface area contributed by atoms with Crippen LogP contribution in [0.15, 0.2) is 88.2 Å². The SMILES string of the molecule is COc1cc2c(cc1NC(=O)C(C)N1CCN(S(=O)(=O)c3ccc4ccccc4c3)CC1)oc1ccccc12. The lowest BCUT2D eigenvalue weighted by molar-refractivity contribution is -0.121. The molecular weight excluding hydrogens is 514 g/mol. The summed E-state index contributed by atoms with van der Waals surface area (Å²) in [6.45, 7) is 3.33. The van der Waals surface area contributed by atoms with Crippen LogP contribution in [-0.4, -0.2) is 62.9 Å². The lowest BCUT2D eigenvalue weighted by atomic mass is 10.1. The maximum atomic E-state index is 13.3. The molecule has 0 saturated carbocycles. The first-order chi connectivity index (χ1) is 18.8. The maximum absolute atomic E-state index is 13.3. The van der Waals surface area contributed by atoms with Crippen LogP contribution in [0.2, 0.25) is 0 Å². The molecule has 1 amide bonds. The molecule has 1 unspecified atom stereocenters. The number of carbonyl (C=O) groups excluding carboxylic acids is 1. The van der Waals surface area contributed by atoms with E-state index in [1.807, 2.05) is 72.5 Å². The van der Waals surface area contributed by atoms with Gasteiger partial charge in [0.15, 0.2) is 0 Å². The van der Waals surface area contributed by atoms with Crippen molar-refractivity contribution >= 4 is 54.3 Å². The Morgan fingerprint density at radius 3 is 2.36 bits per heavy atom. The number of amides is 1. The minimum absolute atomic E-state index is 0.199. The topological polar surface area (TPSA) is 92.1 Å². The molecule has 200 valence electrons. The summed E-state index contributed by atoms with van der Waals surface area (Å²) >= 11 is 0. The van der Waals surface area contributed by atoms with Gasteiger partial charge in [0.25, 0.3) is 0 Å². The summed E-state index contributed by atoms with van der Waals surface area (Å²) in [5, 5.41) is 6.76. The van der Waals surface area contributed by atoms with Crippen LogP contribution in [0.25, 0.3) is 32.7 Å². The van der Waals surface area contributed by atoms with E-state index in [0.717, 1.165) is 27.1 Å². The summed E-state index contributed by atoms with van der Waals surface area (Å²) in [5.74, 6) is 0.343. The highest BCUT2D eigenvalue weighted by molar-refractivity contribution is 7.89. The number of nitrogens with one attached hydrogen (secondary N) is 1. The summed E-state index contributed by atoms with van der Waals surface area (Å²) in [5.41, 5.74) is 1.95. The van der Waals surface area contributed by atoms with Crippen molar-refractivity contribution in [2.75, 3.05) is 38.6 Å². The number of hydrogen-bond acceptors (Lipinski definition) is 6. The van der Waals surface area contributed by atoms with E-state index in [1.165, 1.54) is 4.31 Å². The second-order valence-electron chi connectivity index (χ2n) is 9.76. The van der Waals surface area contributed by atoms with Crippen molar-refractivity contribution in [1.29, 1.82) is 0 Å². The molecule has 5 aromatic rings. The van der Waals surface area contributed by atoms with E-state index in [2.05, 4.69) is 5.32 Å². The fourth-order valence-electron chi connectivity index (χ4n) is 5.23. The van der Waals surface area contributed by atoms with Crippen molar-refractivity contribution in [3.05, 3.63) is 78.9 Å². The highest BCUT2D eigenvalue weighted by Gasteiger charge is 2.32. The molecule has 1 aliphatic rings. The third-order valence-corrected chi connectivity index (χ3v) is 9.41. The van der Waals surface area contributed by atoms with Crippen molar-refractivity contribution in [2.45, 2.75) is 17.9 Å². The van der Waals surface area contributed by atoms with Crippen molar-refractivity contribution in [3.8, 4) is 5.75 Å². The smallest absolute Gasteiger partial charge is 0.243 e. The Hall–Kier alpha value is -3.92. The third kappa shape index (κ3) is 4.63. The molecule has 6 rings (SSSR count). The van der Waals surface area contributed by atoms with Crippen molar-refractivity contribution in [3.63, 3.8) is 0 Å². The van der Waals surface area contributed by atoms with E-state index >= 15 is 0 Å². The molecule has 9 heteroatoms. The van der Waals surface area contributed by atoms with Gasteiger partial charge in [-0.15, -0.1) is 0 Å². The number of furan rings is 1. The third-order valence-electron chi connectivity index (χ3n) is 7.52. The lowest BCUT2D eigenvalue weighted by Crippen LogP contribution is -2.53. The Morgan fingerprint density at radius 1 is 0.872 bits per heavy atom. The number of nitrogens with zero attached hydrogens (tertiary/aromatic N) is 2. The van der Waals surface area contributed by atoms with Gasteiger partial charge >= 0.3 is 0 Å². The van der Waals surface area contributed by atoms with Gasteiger partial charge in [0.2, 0.25) is 15.9 Å². The van der Waals surface area contributed by atoms with Crippen LogP contribution in [0.3, 0.4) is 0 Å². The summed E-state index contributed by atoms with van der Waals surface area (Å²) < 4.78 is 39.7. The molecule has 1 fully saturated rings. The zero-order valence-corrected chi connectivity index (χ0v) is 22.6. The van der Waals surface area contributed by atoms with Gasteiger partial charge in [-0.2, -0.15) is 4.31 Å². The molecule has 1 N–H and O–H groups in total. The van der Waals surface area contributed by atoms with Crippen molar-refractivity contribution in [1.82, 2.24) is 9.21 Å². The number of para-hydroxylation sites is 1. The zero-order chi connectivity index (χ0) is 27.1. The van der Waals surface area contributed by atoms with Gasteiger partial charge in [-0.3, -0.25) is 9.69 Å². The first-order valence-electron chi connectivity index (χ1n) is 12.9. The van der Waals surface area contributed by atoms with Crippen LogP contribution < -0.4 is 10.1 Å². The number of piperazine rings is 1. The molecule has 39 heavy (non-hydrogen) atoms. The normalized spacial score (nSPS) is 16.1. The quantitative estimate of drug-likeness (QED) is 0.321. The van der Waals surface area contributed by atoms with Crippen LogP contribution in [0.5, 0.6) is 5.75 Å². The average molecular weight is 544 g/mol. The molecule has 4 aromatic carbocycles. The minimum atomic E-state index is -3.63. The van der Waals surface area contributed by atoms with Gasteiger partial charge < -0.3 is 14.5 Å². The molecule has 0 radical (unpaired) electrons. The van der Waals surface area contributed by atoms with E-state index in [0.29, 0.717) is 43.2 Å². The van der Waals surface area contributed by atoms with Gasteiger partial charge in [-0.1, -0.05) is 48.5 Å². The number of hydrogen-bond donors (Lipinski definition) is 1. The molecule has 0 aliphatic carbocycles. The Morgan fingerprint density at radius 2 is 1.59 bits per heavy atom. The molecule has 8 nitrogen and oxygen atoms in total. The average Bonchev–Trinajstić information content (AvgIpc) is 3.33. The molecule has 1 aliphatic heterocycles. The van der Waals surface area contributed by atoms with E-state index in [-0.39, 0.29) is 10.8 Å². The number of ether oxygens (including phenoxy) is 1. The van der Waals surface area contributed by atoms with E-state index < -0.39 is 16.1 Å². The highest BCUT2D eigenvalue weighted by atomic mass is 32.2. The lowest BCUT2D eigenvalue weighted by Gasteiger charge is -2.36. The van der Waals surface area contributed by atoms with Crippen LogP contribution >= 0.6 is 0 Å². The number of carbonyl (C=O) groups is 1. The number of anilines is 1. The molecule has 1 aromatic heterocycles. The fraction of sp³-hybridized carbons (Fsp3) is 0.233. The predicted molar refractivity (Wildman–Crippen MR) is 153 cm³/mol. The zero-order valence-electron chi connectivity index (χ0n) is 21.8. The summed E-state index contributed by atoms with van der Waals surface area (Å²) in [7, 11) is -2.07. The van der Waals surface area contributed by atoms with Gasteiger partial charge in [-0.05, 0) is 42.0 Å². The first-order valence-corrected chi connectivity index (χ1v) is 14.3.